The summed E-state index contributed by atoms with van der Waals surface area (Å²) in [5.74, 6) is 0. The Morgan fingerprint density at radius 1 is 0.727 bits per heavy atom. The second-order valence-corrected chi connectivity index (χ2v) is 19.7. The number of hydrogen-bond donors (Lipinski definition) is 0. The van der Waals surface area contributed by atoms with Crippen molar-refractivity contribution in [1.29, 1.82) is 0 Å². The normalized spacial score (nSPS) is 15.3. The summed E-state index contributed by atoms with van der Waals surface area (Å²) >= 11 is -6.00. The number of hydrogen-bond acceptors (Lipinski definition) is 0. The summed E-state index contributed by atoms with van der Waals surface area (Å²) in [6.07, 6.45) is 0. The van der Waals surface area contributed by atoms with Crippen molar-refractivity contribution in [3.8, 4) is 0 Å². The van der Waals surface area contributed by atoms with E-state index in [1.165, 1.54) is 0 Å². The number of alkyl halides is 6. The first-order valence-corrected chi connectivity index (χ1v) is 14.3. The van der Waals surface area contributed by atoms with Gasteiger partial charge in [0.05, 0.1) is 0 Å². The zero-order valence-electron chi connectivity index (χ0n) is 5.77. The number of halogens is 6. The van der Waals surface area contributed by atoms with E-state index in [1.54, 1.807) is 0 Å². The standard InChI is InChI=1S/2CF3.2CH3.Pb/c2*2-1(3)4;;;/h;;2*1H3;. The van der Waals surface area contributed by atoms with Crippen molar-refractivity contribution in [3.63, 3.8) is 0 Å². The van der Waals surface area contributed by atoms with Crippen LogP contribution in [-0.4, -0.2) is 28.6 Å². The quantitative estimate of drug-likeness (QED) is 0.451. The van der Waals surface area contributed by atoms with Crippen LogP contribution in [0.4, 0.5) is 26.3 Å². The van der Waals surface area contributed by atoms with Gasteiger partial charge in [-0.3, -0.25) is 0 Å². The van der Waals surface area contributed by atoms with E-state index in [1.807, 2.05) is 0 Å². The van der Waals surface area contributed by atoms with E-state index in [0.717, 1.165) is 0 Å². The van der Waals surface area contributed by atoms with Gasteiger partial charge >= 0.3 is 64.0 Å². The van der Waals surface area contributed by atoms with Crippen molar-refractivity contribution < 1.29 is 26.3 Å². The molecule has 0 saturated carbocycles. The molecule has 0 heterocycles. The van der Waals surface area contributed by atoms with Crippen molar-refractivity contribution in [2.24, 2.45) is 0 Å². The summed E-state index contributed by atoms with van der Waals surface area (Å²) in [6.45, 7) is 0. The molecular formula is C4H6F6Pb. The SMILES string of the molecule is [CH3][Pb]([CH3])([C](F)(F)F)[C](F)(F)F. The topological polar surface area (TPSA) is 0 Å². The third-order valence-corrected chi connectivity index (χ3v) is 12.4. The predicted molar refractivity (Wildman–Crippen MR) is 29.6 cm³/mol. The van der Waals surface area contributed by atoms with E-state index in [-0.39, 0.29) is 0 Å². The van der Waals surface area contributed by atoms with E-state index in [9.17, 15) is 26.3 Å². The Morgan fingerprint density at radius 2 is 0.909 bits per heavy atom. The second kappa shape index (κ2) is 2.77. The molecule has 0 saturated heterocycles. The Morgan fingerprint density at radius 3 is 0.909 bits per heavy atom. The Bertz CT molecular complexity index is 126. The molecule has 0 spiro atoms. The van der Waals surface area contributed by atoms with Crippen LogP contribution in [0.5, 0.6) is 0 Å². The Kier molecular flexibility index (Phi) is 2.90. The molecule has 7 heteroatoms. The fourth-order valence-corrected chi connectivity index (χ4v) is 1.41. The van der Waals surface area contributed by atoms with Gasteiger partial charge in [0.15, 0.2) is 0 Å². The summed E-state index contributed by atoms with van der Waals surface area (Å²) in [7, 11) is 0. The summed E-state index contributed by atoms with van der Waals surface area (Å²) in [5.41, 5.74) is 0. The maximum atomic E-state index is 11.7. The van der Waals surface area contributed by atoms with Crippen LogP contribution in [0.2, 0.25) is 8.97 Å². The van der Waals surface area contributed by atoms with Gasteiger partial charge in [0.25, 0.3) is 0 Å². The van der Waals surface area contributed by atoms with Crippen molar-refractivity contribution in [2.75, 3.05) is 0 Å². The molecule has 0 bridgehead atoms. The second-order valence-electron chi connectivity index (χ2n) is 2.62. The van der Waals surface area contributed by atoms with E-state index >= 15 is 0 Å². The van der Waals surface area contributed by atoms with Crippen LogP contribution in [0, 0.1) is 0 Å². The van der Waals surface area contributed by atoms with Crippen LogP contribution in [-0.2, 0) is 0 Å². The molecule has 11 heavy (non-hydrogen) atoms. The Labute approximate surface area is 64.2 Å². The van der Waals surface area contributed by atoms with Gasteiger partial charge in [-0.1, -0.05) is 0 Å². The first-order chi connectivity index (χ1) is 4.50. The van der Waals surface area contributed by atoms with Gasteiger partial charge in [0.2, 0.25) is 0 Å². The monoisotopic (exact) mass is 376 g/mol. The maximum absolute atomic E-state index is 11.7. The fraction of sp³-hybridized carbons (Fsp3) is 1.00. The van der Waals surface area contributed by atoms with Crippen molar-refractivity contribution in [1.82, 2.24) is 0 Å². The number of rotatable bonds is 0. The summed E-state index contributed by atoms with van der Waals surface area (Å²) in [4.78, 5) is 0. The predicted octanol–water partition coefficient (Wildman–Crippen LogP) is 2.90. The minimum atomic E-state index is -6.00. The minimum absolute atomic E-state index is 0.326. The zero-order valence-corrected chi connectivity index (χ0v) is 9.66. The molecule has 0 radical (unpaired) electrons. The Hall–Kier alpha value is 0.502. The van der Waals surface area contributed by atoms with Crippen LogP contribution >= 0.6 is 0 Å². The molecular weight excluding hydrogens is 369 g/mol. The molecule has 0 atom stereocenters. The molecule has 0 N–H and O–H groups in total. The van der Waals surface area contributed by atoms with Crippen LogP contribution in [0.3, 0.4) is 0 Å². The first kappa shape index (κ1) is 11.5. The molecule has 0 fully saturated rings. The molecule has 0 aliphatic carbocycles. The van der Waals surface area contributed by atoms with Gasteiger partial charge in [-0.2, -0.15) is 0 Å². The van der Waals surface area contributed by atoms with Gasteiger partial charge in [-0.05, 0) is 0 Å². The van der Waals surface area contributed by atoms with E-state index in [0.29, 0.717) is 8.97 Å². The Balaban J connectivity index is 4.75. The van der Waals surface area contributed by atoms with E-state index < -0.39 is 28.6 Å². The molecule has 0 unspecified atom stereocenters. The molecule has 0 aliphatic rings. The van der Waals surface area contributed by atoms with E-state index in [4.69, 9.17) is 0 Å². The molecule has 0 aromatic carbocycles. The third kappa shape index (κ3) is 2.22. The van der Waals surface area contributed by atoms with Crippen molar-refractivity contribution in [3.05, 3.63) is 0 Å². The van der Waals surface area contributed by atoms with Crippen molar-refractivity contribution in [2.45, 2.75) is 16.4 Å². The van der Waals surface area contributed by atoms with Crippen LogP contribution < -0.4 is 0 Å². The average molecular weight is 375 g/mol. The summed E-state index contributed by atoms with van der Waals surface area (Å²) in [5, 5.41) is 0. The summed E-state index contributed by atoms with van der Waals surface area (Å²) in [6, 6.07) is 0. The molecule has 0 aliphatic heterocycles. The molecule has 0 aromatic heterocycles. The molecule has 68 valence electrons. The molecule has 0 aromatic rings. The van der Waals surface area contributed by atoms with Crippen LogP contribution in [0.15, 0.2) is 0 Å². The van der Waals surface area contributed by atoms with Gasteiger partial charge in [0, 0.05) is 0 Å². The van der Waals surface area contributed by atoms with Gasteiger partial charge in [-0.25, -0.2) is 0 Å². The third-order valence-electron chi connectivity index (χ3n) is 1.42. The van der Waals surface area contributed by atoms with Gasteiger partial charge in [0.1, 0.15) is 0 Å². The fourth-order valence-electron chi connectivity index (χ4n) is 0.161. The van der Waals surface area contributed by atoms with Crippen LogP contribution in [0.25, 0.3) is 0 Å². The van der Waals surface area contributed by atoms with Gasteiger partial charge in [-0.15, -0.1) is 0 Å². The first-order valence-electron chi connectivity index (χ1n) is 2.63. The molecule has 0 rings (SSSR count). The van der Waals surface area contributed by atoms with E-state index in [2.05, 4.69) is 0 Å². The summed E-state index contributed by atoms with van der Waals surface area (Å²) < 4.78 is 60.9. The molecule has 0 nitrogen and oxygen atoms in total. The zero-order chi connectivity index (χ0) is 9.50. The van der Waals surface area contributed by atoms with Crippen molar-refractivity contribution >= 4 is 21.2 Å². The van der Waals surface area contributed by atoms with Crippen LogP contribution in [0.1, 0.15) is 0 Å². The van der Waals surface area contributed by atoms with Gasteiger partial charge < -0.3 is 0 Å². The molecule has 0 amide bonds. The average Bonchev–Trinajstić information content (AvgIpc) is 1.58.